The van der Waals surface area contributed by atoms with Gasteiger partial charge in [0.2, 0.25) is 0 Å². The summed E-state index contributed by atoms with van der Waals surface area (Å²) in [4.78, 5) is 11.4. The van der Waals surface area contributed by atoms with Crippen LogP contribution in [0.1, 0.15) is 12.5 Å². The first kappa shape index (κ1) is 14.8. The smallest absolute Gasteiger partial charge is 0.258 e. The standard InChI is InChI=1S/C13H16N2O4/c1-2-18-11-5-3-4-10(8-16)13(11)19-9-12(17)15-7-6-14/h3-5,16H,2,7-9H2,1H3,(H,15,17). The average Bonchev–Trinajstić information content (AvgIpc) is 2.43. The summed E-state index contributed by atoms with van der Waals surface area (Å²) in [6, 6.07) is 6.92. The van der Waals surface area contributed by atoms with Crippen molar-refractivity contribution >= 4 is 5.91 Å². The van der Waals surface area contributed by atoms with Crippen LogP contribution in [-0.2, 0) is 11.4 Å². The lowest BCUT2D eigenvalue weighted by Gasteiger charge is -2.14. The zero-order chi connectivity index (χ0) is 14.1. The Morgan fingerprint density at radius 2 is 2.26 bits per heavy atom. The second kappa shape index (κ2) is 7.95. The van der Waals surface area contributed by atoms with Gasteiger partial charge in [0.05, 0.1) is 19.3 Å². The summed E-state index contributed by atoms with van der Waals surface area (Å²) >= 11 is 0. The molecule has 2 N–H and O–H groups in total. The Bertz CT molecular complexity index is 468. The molecule has 6 nitrogen and oxygen atoms in total. The highest BCUT2D eigenvalue weighted by molar-refractivity contribution is 5.77. The summed E-state index contributed by atoms with van der Waals surface area (Å²) in [5.74, 6) is 0.415. The van der Waals surface area contributed by atoms with Crippen molar-refractivity contribution in [1.29, 1.82) is 5.26 Å². The third kappa shape index (κ3) is 4.48. The van der Waals surface area contributed by atoms with Crippen LogP contribution in [0.4, 0.5) is 0 Å². The number of carbonyl (C=O) groups is 1. The second-order valence-corrected chi connectivity index (χ2v) is 3.56. The second-order valence-electron chi connectivity index (χ2n) is 3.56. The van der Waals surface area contributed by atoms with Crippen LogP contribution in [0, 0.1) is 11.3 Å². The molecule has 0 saturated heterocycles. The van der Waals surface area contributed by atoms with Crippen LogP contribution in [-0.4, -0.2) is 30.8 Å². The van der Waals surface area contributed by atoms with Crippen molar-refractivity contribution in [3.05, 3.63) is 23.8 Å². The van der Waals surface area contributed by atoms with Gasteiger partial charge in [0, 0.05) is 5.56 Å². The van der Waals surface area contributed by atoms with E-state index in [4.69, 9.17) is 14.7 Å². The van der Waals surface area contributed by atoms with Crippen molar-refractivity contribution in [3.8, 4) is 17.6 Å². The van der Waals surface area contributed by atoms with Crippen molar-refractivity contribution in [2.45, 2.75) is 13.5 Å². The Kier molecular flexibility index (Phi) is 6.19. The molecule has 1 aromatic carbocycles. The molecule has 0 fully saturated rings. The molecule has 1 rings (SSSR count). The van der Waals surface area contributed by atoms with Gasteiger partial charge >= 0.3 is 0 Å². The topological polar surface area (TPSA) is 91.6 Å². The van der Waals surface area contributed by atoms with Crippen molar-refractivity contribution in [3.63, 3.8) is 0 Å². The van der Waals surface area contributed by atoms with E-state index in [0.717, 1.165) is 0 Å². The number of hydrogen-bond acceptors (Lipinski definition) is 5. The summed E-state index contributed by atoms with van der Waals surface area (Å²) < 4.78 is 10.7. The zero-order valence-electron chi connectivity index (χ0n) is 10.7. The Morgan fingerprint density at radius 3 is 2.89 bits per heavy atom. The Labute approximate surface area is 111 Å². The van der Waals surface area contributed by atoms with E-state index in [1.807, 2.05) is 6.92 Å². The lowest BCUT2D eigenvalue weighted by Crippen LogP contribution is -2.29. The molecular formula is C13H16N2O4. The molecule has 0 heterocycles. The van der Waals surface area contributed by atoms with Crippen LogP contribution in [0.3, 0.4) is 0 Å². The molecule has 6 heteroatoms. The maximum atomic E-state index is 11.4. The number of nitriles is 1. The minimum Gasteiger partial charge on any atom is -0.490 e. The number of ether oxygens (including phenoxy) is 2. The molecular weight excluding hydrogens is 248 g/mol. The molecule has 102 valence electrons. The summed E-state index contributed by atoms with van der Waals surface area (Å²) in [6.45, 7) is 1.76. The van der Waals surface area contributed by atoms with E-state index < -0.39 is 5.91 Å². The highest BCUT2D eigenvalue weighted by Crippen LogP contribution is 2.31. The van der Waals surface area contributed by atoms with E-state index in [0.29, 0.717) is 23.7 Å². The lowest BCUT2D eigenvalue weighted by atomic mass is 10.2. The van der Waals surface area contributed by atoms with Gasteiger partial charge in [-0.05, 0) is 13.0 Å². The van der Waals surface area contributed by atoms with Crippen molar-refractivity contribution in [2.75, 3.05) is 19.8 Å². The number of nitrogens with one attached hydrogen (secondary N) is 1. The predicted octanol–water partition coefficient (Wildman–Crippen LogP) is 0.596. The maximum absolute atomic E-state index is 11.4. The van der Waals surface area contributed by atoms with Gasteiger partial charge in [-0.25, -0.2) is 0 Å². The van der Waals surface area contributed by atoms with Gasteiger partial charge < -0.3 is 19.9 Å². The first-order chi connectivity index (χ1) is 9.22. The van der Waals surface area contributed by atoms with Crippen LogP contribution in [0.2, 0.25) is 0 Å². The number of aliphatic hydroxyl groups is 1. The molecule has 0 aliphatic rings. The number of rotatable bonds is 7. The molecule has 0 aliphatic heterocycles. The largest absolute Gasteiger partial charge is 0.490 e. The van der Waals surface area contributed by atoms with E-state index in [2.05, 4.69) is 5.32 Å². The van der Waals surface area contributed by atoms with Gasteiger partial charge in [-0.3, -0.25) is 4.79 Å². The first-order valence-corrected chi connectivity index (χ1v) is 5.84. The molecule has 0 aromatic heterocycles. The van der Waals surface area contributed by atoms with E-state index in [1.165, 1.54) is 0 Å². The molecule has 0 atom stereocenters. The number of carbonyl (C=O) groups excluding carboxylic acids is 1. The summed E-state index contributed by atoms with van der Waals surface area (Å²) in [6.07, 6.45) is 0. The highest BCUT2D eigenvalue weighted by atomic mass is 16.5. The predicted molar refractivity (Wildman–Crippen MR) is 67.7 cm³/mol. The SMILES string of the molecule is CCOc1cccc(CO)c1OCC(=O)NCC#N. The molecule has 1 aromatic rings. The minimum atomic E-state index is -0.406. The van der Waals surface area contributed by atoms with Crippen LogP contribution in [0.25, 0.3) is 0 Å². The van der Waals surface area contributed by atoms with E-state index >= 15 is 0 Å². The lowest BCUT2D eigenvalue weighted by molar-refractivity contribution is -0.122. The van der Waals surface area contributed by atoms with Crippen molar-refractivity contribution in [1.82, 2.24) is 5.32 Å². The Hall–Kier alpha value is -2.26. The van der Waals surface area contributed by atoms with Crippen molar-refractivity contribution in [2.24, 2.45) is 0 Å². The van der Waals surface area contributed by atoms with Crippen molar-refractivity contribution < 1.29 is 19.4 Å². The molecule has 0 aliphatic carbocycles. The molecule has 19 heavy (non-hydrogen) atoms. The quantitative estimate of drug-likeness (QED) is 0.703. The summed E-state index contributed by atoms with van der Waals surface area (Å²) in [7, 11) is 0. The summed E-state index contributed by atoms with van der Waals surface area (Å²) in [5.41, 5.74) is 0.541. The van der Waals surface area contributed by atoms with Crippen LogP contribution in [0.5, 0.6) is 11.5 Å². The van der Waals surface area contributed by atoms with E-state index in [1.54, 1.807) is 24.3 Å². The molecule has 0 unspecified atom stereocenters. The molecule has 1 amide bonds. The fourth-order valence-electron chi connectivity index (χ4n) is 1.45. The third-order valence-corrected chi connectivity index (χ3v) is 2.24. The number of benzene rings is 1. The Balaban J connectivity index is 2.75. The highest BCUT2D eigenvalue weighted by Gasteiger charge is 2.12. The number of nitrogens with zero attached hydrogens (tertiary/aromatic N) is 1. The van der Waals surface area contributed by atoms with Gasteiger partial charge in [-0.15, -0.1) is 0 Å². The fourth-order valence-corrected chi connectivity index (χ4v) is 1.45. The van der Waals surface area contributed by atoms with Crippen LogP contribution < -0.4 is 14.8 Å². The van der Waals surface area contributed by atoms with E-state index in [-0.39, 0.29) is 19.8 Å². The molecule has 0 spiro atoms. The van der Waals surface area contributed by atoms with Crippen LogP contribution >= 0.6 is 0 Å². The van der Waals surface area contributed by atoms with Gasteiger partial charge in [0.15, 0.2) is 18.1 Å². The molecule has 0 bridgehead atoms. The number of aliphatic hydroxyl groups excluding tert-OH is 1. The zero-order valence-corrected chi connectivity index (χ0v) is 10.7. The van der Waals surface area contributed by atoms with Gasteiger partial charge in [-0.1, -0.05) is 12.1 Å². The monoisotopic (exact) mass is 264 g/mol. The fraction of sp³-hybridized carbons (Fsp3) is 0.385. The first-order valence-electron chi connectivity index (χ1n) is 5.84. The summed E-state index contributed by atoms with van der Waals surface area (Å²) in [5, 5.41) is 19.9. The number of para-hydroxylation sites is 1. The molecule has 0 radical (unpaired) electrons. The third-order valence-electron chi connectivity index (χ3n) is 2.24. The van der Waals surface area contributed by atoms with E-state index in [9.17, 15) is 9.90 Å². The Morgan fingerprint density at radius 1 is 1.47 bits per heavy atom. The average molecular weight is 264 g/mol. The van der Waals surface area contributed by atoms with Gasteiger partial charge in [0.25, 0.3) is 5.91 Å². The number of hydrogen-bond donors (Lipinski definition) is 2. The minimum absolute atomic E-state index is 0.0673. The normalized spacial score (nSPS) is 9.53. The number of amides is 1. The molecule has 0 saturated carbocycles. The maximum Gasteiger partial charge on any atom is 0.258 e. The van der Waals surface area contributed by atoms with Crippen LogP contribution in [0.15, 0.2) is 18.2 Å². The van der Waals surface area contributed by atoms with Gasteiger partial charge in [0.1, 0.15) is 6.54 Å². The van der Waals surface area contributed by atoms with Gasteiger partial charge in [-0.2, -0.15) is 5.26 Å².